The number of aromatic nitrogens is 1. The maximum Gasteiger partial charge on any atom is 0.338 e. The van der Waals surface area contributed by atoms with E-state index in [-0.39, 0.29) is 12.0 Å². The molecule has 17 heavy (non-hydrogen) atoms. The van der Waals surface area contributed by atoms with Crippen LogP contribution in [0.2, 0.25) is 0 Å². The fourth-order valence-corrected chi connectivity index (χ4v) is 1.16. The Morgan fingerprint density at radius 1 is 1.59 bits per heavy atom. The number of aliphatic hydroxyl groups is 1. The monoisotopic (exact) mass is 238 g/mol. The molecule has 0 radical (unpaired) electrons. The molecule has 5 heteroatoms. The quantitative estimate of drug-likeness (QED) is 0.756. The number of ether oxygens (including phenoxy) is 1. The molecule has 5 nitrogen and oxygen atoms in total. The molecule has 2 N–H and O–H groups in total. The number of aliphatic hydroxyl groups excluding tert-OH is 1. The predicted octanol–water partition coefficient (Wildman–Crippen LogP) is 1.30. The number of hydrogen-bond acceptors (Lipinski definition) is 5. The smallest absolute Gasteiger partial charge is 0.338 e. The van der Waals surface area contributed by atoms with Crippen LogP contribution in [0.4, 0.5) is 5.82 Å². The lowest BCUT2D eigenvalue weighted by molar-refractivity contribution is 0.0600. The van der Waals surface area contributed by atoms with Crippen molar-refractivity contribution in [3.05, 3.63) is 23.9 Å². The van der Waals surface area contributed by atoms with E-state index < -0.39 is 5.97 Å². The number of anilines is 1. The summed E-state index contributed by atoms with van der Waals surface area (Å²) in [7, 11) is 1.34. The van der Waals surface area contributed by atoms with Crippen LogP contribution < -0.4 is 5.32 Å². The van der Waals surface area contributed by atoms with Crippen molar-refractivity contribution >= 4 is 11.8 Å². The summed E-state index contributed by atoms with van der Waals surface area (Å²) in [5, 5.41) is 12.2. The highest BCUT2D eigenvalue weighted by molar-refractivity contribution is 5.89. The van der Waals surface area contributed by atoms with E-state index in [1.807, 2.05) is 13.8 Å². The van der Waals surface area contributed by atoms with Gasteiger partial charge in [0, 0.05) is 24.8 Å². The van der Waals surface area contributed by atoms with Gasteiger partial charge in [-0.3, -0.25) is 0 Å². The third-order valence-electron chi connectivity index (χ3n) is 2.36. The van der Waals surface area contributed by atoms with Gasteiger partial charge in [-0.2, -0.15) is 0 Å². The Hall–Kier alpha value is -1.62. The molecule has 0 aromatic carbocycles. The second kappa shape index (κ2) is 5.63. The summed E-state index contributed by atoms with van der Waals surface area (Å²) >= 11 is 0. The molecule has 1 rings (SSSR count). The van der Waals surface area contributed by atoms with Gasteiger partial charge in [-0.15, -0.1) is 0 Å². The fourth-order valence-electron chi connectivity index (χ4n) is 1.16. The highest BCUT2D eigenvalue weighted by Gasteiger charge is 2.16. The van der Waals surface area contributed by atoms with Crippen molar-refractivity contribution in [3.63, 3.8) is 0 Å². The molecule has 0 aliphatic carbocycles. The van der Waals surface area contributed by atoms with Crippen molar-refractivity contribution in [2.45, 2.75) is 13.8 Å². The summed E-state index contributed by atoms with van der Waals surface area (Å²) < 4.78 is 4.62. The second-order valence-electron chi connectivity index (χ2n) is 4.60. The molecular weight excluding hydrogens is 220 g/mol. The van der Waals surface area contributed by atoms with Crippen LogP contribution in [0.3, 0.4) is 0 Å². The van der Waals surface area contributed by atoms with E-state index in [1.54, 1.807) is 18.3 Å². The van der Waals surface area contributed by atoms with Gasteiger partial charge in [0.05, 0.1) is 12.7 Å². The van der Waals surface area contributed by atoms with Crippen molar-refractivity contribution in [1.29, 1.82) is 0 Å². The lowest BCUT2D eigenvalue weighted by Gasteiger charge is -2.22. The average molecular weight is 238 g/mol. The molecular formula is C12H18N2O3. The first-order valence-electron chi connectivity index (χ1n) is 5.37. The van der Waals surface area contributed by atoms with E-state index in [0.29, 0.717) is 17.9 Å². The van der Waals surface area contributed by atoms with Crippen molar-refractivity contribution in [2.75, 3.05) is 25.6 Å². The summed E-state index contributed by atoms with van der Waals surface area (Å²) in [6.45, 7) is 4.52. The lowest BCUT2D eigenvalue weighted by atomic mass is 9.95. The molecule has 1 aromatic rings. The largest absolute Gasteiger partial charge is 0.465 e. The molecule has 0 aliphatic heterocycles. The molecule has 0 atom stereocenters. The third kappa shape index (κ3) is 4.03. The minimum atomic E-state index is -0.392. The zero-order valence-electron chi connectivity index (χ0n) is 10.4. The zero-order chi connectivity index (χ0) is 12.9. The van der Waals surface area contributed by atoms with Crippen LogP contribution in [0.1, 0.15) is 24.2 Å². The minimum Gasteiger partial charge on any atom is -0.465 e. The van der Waals surface area contributed by atoms with Crippen molar-refractivity contribution in [2.24, 2.45) is 5.41 Å². The summed E-state index contributed by atoms with van der Waals surface area (Å²) in [6, 6.07) is 3.22. The van der Waals surface area contributed by atoms with Gasteiger partial charge in [0.15, 0.2) is 0 Å². The number of carbonyl (C=O) groups excluding carboxylic acids is 1. The SMILES string of the molecule is COC(=O)c1ccnc(NCC(C)(C)CO)c1. The topological polar surface area (TPSA) is 71.5 Å². The fraction of sp³-hybridized carbons (Fsp3) is 0.500. The predicted molar refractivity (Wildman–Crippen MR) is 64.9 cm³/mol. The van der Waals surface area contributed by atoms with E-state index >= 15 is 0 Å². The molecule has 0 amide bonds. The summed E-state index contributed by atoms with van der Waals surface area (Å²) in [5.74, 6) is 0.200. The Labute approximate surface area is 101 Å². The summed E-state index contributed by atoms with van der Waals surface area (Å²) in [4.78, 5) is 15.4. The van der Waals surface area contributed by atoms with Crippen LogP contribution in [0.25, 0.3) is 0 Å². The summed E-state index contributed by atoms with van der Waals surface area (Å²) in [6.07, 6.45) is 1.54. The van der Waals surface area contributed by atoms with Gasteiger partial charge >= 0.3 is 5.97 Å². The molecule has 0 bridgehead atoms. The Morgan fingerprint density at radius 3 is 2.88 bits per heavy atom. The van der Waals surface area contributed by atoms with Crippen molar-refractivity contribution in [3.8, 4) is 0 Å². The molecule has 0 saturated carbocycles. The number of nitrogens with zero attached hydrogens (tertiary/aromatic N) is 1. The molecule has 1 heterocycles. The van der Waals surface area contributed by atoms with E-state index in [4.69, 9.17) is 5.11 Å². The molecule has 0 unspecified atom stereocenters. The zero-order valence-corrected chi connectivity index (χ0v) is 10.4. The average Bonchev–Trinajstić information content (AvgIpc) is 2.36. The number of pyridine rings is 1. The first kappa shape index (κ1) is 13.4. The standard InChI is InChI=1S/C12H18N2O3/c1-12(2,8-15)7-14-10-6-9(4-5-13-10)11(16)17-3/h4-6,15H,7-8H2,1-3H3,(H,13,14). The molecule has 1 aromatic heterocycles. The highest BCUT2D eigenvalue weighted by Crippen LogP contribution is 2.15. The van der Waals surface area contributed by atoms with Crippen LogP contribution in [0.5, 0.6) is 0 Å². The Balaban J connectivity index is 2.70. The number of carbonyl (C=O) groups is 1. The first-order valence-corrected chi connectivity index (χ1v) is 5.37. The minimum absolute atomic E-state index is 0.0801. The van der Waals surface area contributed by atoms with Crippen LogP contribution in [0, 0.1) is 5.41 Å². The molecule has 0 fully saturated rings. The maximum absolute atomic E-state index is 11.3. The van der Waals surface area contributed by atoms with E-state index in [1.165, 1.54) is 7.11 Å². The van der Waals surface area contributed by atoms with Gasteiger partial charge in [0.25, 0.3) is 0 Å². The van der Waals surface area contributed by atoms with Gasteiger partial charge in [-0.25, -0.2) is 9.78 Å². The lowest BCUT2D eigenvalue weighted by Crippen LogP contribution is -2.27. The van der Waals surface area contributed by atoms with Crippen LogP contribution >= 0.6 is 0 Å². The van der Waals surface area contributed by atoms with Crippen LogP contribution in [0.15, 0.2) is 18.3 Å². The van der Waals surface area contributed by atoms with Crippen LogP contribution in [-0.4, -0.2) is 36.3 Å². The van der Waals surface area contributed by atoms with E-state index in [9.17, 15) is 4.79 Å². The molecule has 0 aliphatic rings. The second-order valence-corrected chi connectivity index (χ2v) is 4.60. The van der Waals surface area contributed by atoms with E-state index in [0.717, 1.165) is 0 Å². The van der Waals surface area contributed by atoms with Gasteiger partial charge < -0.3 is 15.2 Å². The summed E-state index contributed by atoms with van der Waals surface area (Å²) in [5.41, 5.74) is 0.218. The third-order valence-corrected chi connectivity index (χ3v) is 2.36. The van der Waals surface area contributed by atoms with E-state index in [2.05, 4.69) is 15.0 Å². The first-order chi connectivity index (χ1) is 7.98. The normalized spacial score (nSPS) is 11.1. The maximum atomic E-state index is 11.3. The van der Waals surface area contributed by atoms with Crippen molar-refractivity contribution < 1.29 is 14.6 Å². The van der Waals surface area contributed by atoms with Crippen LogP contribution in [-0.2, 0) is 4.74 Å². The number of nitrogens with one attached hydrogen (secondary N) is 1. The number of esters is 1. The Bertz CT molecular complexity index is 391. The number of rotatable bonds is 5. The van der Waals surface area contributed by atoms with Gasteiger partial charge in [-0.05, 0) is 12.1 Å². The molecule has 0 saturated heterocycles. The highest BCUT2D eigenvalue weighted by atomic mass is 16.5. The van der Waals surface area contributed by atoms with Gasteiger partial charge in [0.2, 0.25) is 0 Å². The number of methoxy groups -OCH3 is 1. The molecule has 94 valence electrons. The van der Waals surface area contributed by atoms with Gasteiger partial charge in [-0.1, -0.05) is 13.8 Å². The Kier molecular flexibility index (Phi) is 4.45. The number of hydrogen-bond donors (Lipinski definition) is 2. The van der Waals surface area contributed by atoms with Gasteiger partial charge in [0.1, 0.15) is 5.82 Å². The molecule has 0 spiro atoms. The van der Waals surface area contributed by atoms with Crippen molar-refractivity contribution in [1.82, 2.24) is 4.98 Å². The Morgan fingerprint density at radius 2 is 2.29 bits per heavy atom.